The topological polar surface area (TPSA) is 26.0 Å². The normalized spacial score (nSPS) is 15.5. The molecule has 2 N–H and O–H groups in total. The van der Waals surface area contributed by atoms with E-state index in [1.165, 1.54) is 5.30 Å². The molecule has 0 aliphatic rings. The summed E-state index contributed by atoms with van der Waals surface area (Å²) in [5.41, 5.74) is 6.23. The monoisotopic (exact) mass is 169 g/mol. The maximum atomic E-state index is 6.23. The molecule has 1 aromatic carbocycles. The Morgan fingerprint density at radius 2 is 1.45 bits per heavy atom. The summed E-state index contributed by atoms with van der Waals surface area (Å²) in [5, 5.41) is 1.29. The summed E-state index contributed by atoms with van der Waals surface area (Å²) < 4.78 is 0. The Morgan fingerprint density at radius 1 is 1.00 bits per heavy atom. The maximum absolute atomic E-state index is 6.23. The number of hydrogen-bond donors (Lipinski definition) is 1. The summed E-state index contributed by atoms with van der Waals surface area (Å²) in [5.74, 6) is 0. The summed E-state index contributed by atoms with van der Waals surface area (Å²) in [6, 6.07) is 10.3. The summed E-state index contributed by atoms with van der Waals surface area (Å²) in [6.45, 7) is 4.47. The van der Waals surface area contributed by atoms with E-state index in [9.17, 15) is 0 Å². The zero-order chi connectivity index (χ0) is 8.56. The zero-order valence-electron chi connectivity index (χ0n) is 7.41. The third kappa shape index (κ3) is 2.28. The van der Waals surface area contributed by atoms with Gasteiger partial charge in [0.2, 0.25) is 0 Å². The quantitative estimate of drug-likeness (QED) is 0.635. The fraction of sp³-hybridized carbons (Fsp3) is 0.333. The van der Waals surface area contributed by atoms with Gasteiger partial charge in [-0.2, -0.15) is 0 Å². The fourth-order valence-electron chi connectivity index (χ4n) is 0.961. The van der Waals surface area contributed by atoms with Crippen molar-refractivity contribution in [2.45, 2.75) is 0 Å². The van der Waals surface area contributed by atoms with E-state index in [0.717, 1.165) is 0 Å². The number of hydrogen-bond acceptors (Lipinski definition) is 1. The van der Waals surface area contributed by atoms with Crippen molar-refractivity contribution in [2.75, 3.05) is 20.0 Å². The number of nitrogens with two attached hydrogens (primary N) is 1. The molecule has 0 saturated heterocycles. The van der Waals surface area contributed by atoms with Crippen LogP contribution in [0.25, 0.3) is 0 Å². The van der Waals surface area contributed by atoms with Gasteiger partial charge in [0, 0.05) is 0 Å². The van der Waals surface area contributed by atoms with Gasteiger partial charge >= 0.3 is 67.9 Å². The van der Waals surface area contributed by atoms with Crippen LogP contribution in [-0.2, 0) is 0 Å². The van der Waals surface area contributed by atoms with Gasteiger partial charge in [-0.1, -0.05) is 0 Å². The Hall–Kier alpha value is -0.390. The van der Waals surface area contributed by atoms with E-state index < -0.39 is 6.75 Å². The zero-order valence-corrected chi connectivity index (χ0v) is 8.31. The van der Waals surface area contributed by atoms with Crippen LogP contribution in [0.2, 0.25) is 0 Å². The van der Waals surface area contributed by atoms with E-state index in [1.54, 1.807) is 0 Å². The van der Waals surface area contributed by atoms with E-state index in [-0.39, 0.29) is 0 Å². The van der Waals surface area contributed by atoms with Crippen LogP contribution >= 0.6 is 6.75 Å². The van der Waals surface area contributed by atoms with Crippen molar-refractivity contribution in [2.24, 2.45) is 5.50 Å². The Bertz CT molecular complexity index is 236. The second-order valence-electron chi connectivity index (χ2n) is 4.25. The molecule has 1 aromatic rings. The van der Waals surface area contributed by atoms with Crippen molar-refractivity contribution in [3.05, 3.63) is 30.3 Å². The molecule has 0 spiro atoms. The molecule has 0 amide bonds. The average Bonchev–Trinajstić information content (AvgIpc) is 1.86. The standard InChI is InChI=1S/C9H16NP/c1-11(2,3,10)9-7-5-4-6-8-9/h4-8H,10H2,1-3H3. The van der Waals surface area contributed by atoms with Crippen LogP contribution in [0, 0.1) is 0 Å². The second-order valence-corrected chi connectivity index (χ2v) is 10.6. The molecule has 0 unspecified atom stereocenters. The summed E-state index contributed by atoms with van der Waals surface area (Å²) >= 11 is 0. The first-order valence-electron chi connectivity index (χ1n) is 3.73. The Labute approximate surface area is 68.6 Å². The molecule has 0 aromatic heterocycles. The number of benzene rings is 1. The molecular weight excluding hydrogens is 153 g/mol. The SMILES string of the molecule is CP(C)(C)(N)c1ccccc1. The van der Waals surface area contributed by atoms with Crippen molar-refractivity contribution in [1.82, 2.24) is 0 Å². The third-order valence-electron chi connectivity index (χ3n) is 1.68. The summed E-state index contributed by atoms with van der Waals surface area (Å²) in [4.78, 5) is 0. The van der Waals surface area contributed by atoms with Crippen molar-refractivity contribution in [1.29, 1.82) is 0 Å². The van der Waals surface area contributed by atoms with Gasteiger partial charge < -0.3 is 0 Å². The molecule has 1 nitrogen and oxygen atoms in total. The minimum atomic E-state index is -1.99. The van der Waals surface area contributed by atoms with Crippen molar-refractivity contribution >= 4 is 12.1 Å². The first-order valence-corrected chi connectivity index (χ1v) is 7.38. The van der Waals surface area contributed by atoms with Gasteiger partial charge in [-0.3, -0.25) is 0 Å². The van der Waals surface area contributed by atoms with Gasteiger partial charge in [-0.25, -0.2) is 0 Å². The van der Waals surface area contributed by atoms with Gasteiger partial charge in [0.1, 0.15) is 0 Å². The summed E-state index contributed by atoms with van der Waals surface area (Å²) in [6.07, 6.45) is 0. The van der Waals surface area contributed by atoms with Crippen LogP contribution in [0.5, 0.6) is 0 Å². The molecule has 0 atom stereocenters. The minimum absolute atomic E-state index is 1.29. The van der Waals surface area contributed by atoms with Gasteiger partial charge in [0.15, 0.2) is 0 Å². The molecule has 0 saturated carbocycles. The van der Waals surface area contributed by atoms with Crippen molar-refractivity contribution < 1.29 is 0 Å². The first-order chi connectivity index (χ1) is 4.86. The average molecular weight is 169 g/mol. The molecule has 2 heteroatoms. The Morgan fingerprint density at radius 3 is 1.73 bits per heavy atom. The molecule has 0 heterocycles. The van der Waals surface area contributed by atoms with Gasteiger partial charge in [-0.15, -0.1) is 0 Å². The molecule has 0 fully saturated rings. The molecule has 0 aliphatic heterocycles. The van der Waals surface area contributed by atoms with Crippen LogP contribution in [0.3, 0.4) is 0 Å². The van der Waals surface area contributed by atoms with Gasteiger partial charge in [0.05, 0.1) is 0 Å². The van der Waals surface area contributed by atoms with Gasteiger partial charge in [-0.05, 0) is 0 Å². The predicted octanol–water partition coefficient (Wildman–Crippen LogP) is 1.63. The van der Waals surface area contributed by atoms with Crippen LogP contribution in [0.4, 0.5) is 0 Å². The molecule has 62 valence electrons. The molecule has 0 radical (unpaired) electrons. The summed E-state index contributed by atoms with van der Waals surface area (Å²) in [7, 11) is 0. The van der Waals surface area contributed by atoms with Crippen LogP contribution in [0.15, 0.2) is 30.3 Å². The molecule has 11 heavy (non-hydrogen) atoms. The Balaban J connectivity index is 3.14. The molecular formula is C9H16NP. The van der Waals surface area contributed by atoms with Crippen molar-refractivity contribution in [3.8, 4) is 0 Å². The first kappa shape index (κ1) is 8.70. The van der Waals surface area contributed by atoms with Crippen LogP contribution in [0.1, 0.15) is 0 Å². The second kappa shape index (κ2) is 2.30. The number of rotatable bonds is 1. The van der Waals surface area contributed by atoms with Crippen molar-refractivity contribution in [3.63, 3.8) is 0 Å². The molecule has 0 bridgehead atoms. The molecule has 0 aliphatic carbocycles. The Kier molecular flexibility index (Phi) is 1.82. The van der Waals surface area contributed by atoms with E-state index in [1.807, 2.05) is 18.2 Å². The fourth-order valence-corrected chi connectivity index (χ4v) is 2.20. The van der Waals surface area contributed by atoms with E-state index in [0.29, 0.717) is 0 Å². The predicted molar refractivity (Wildman–Crippen MR) is 55.0 cm³/mol. The van der Waals surface area contributed by atoms with Crippen LogP contribution in [-0.4, -0.2) is 20.0 Å². The van der Waals surface area contributed by atoms with Gasteiger partial charge in [0.25, 0.3) is 0 Å². The molecule has 1 rings (SSSR count). The van der Waals surface area contributed by atoms with E-state index >= 15 is 0 Å². The third-order valence-corrected chi connectivity index (χ3v) is 3.83. The van der Waals surface area contributed by atoms with Crippen LogP contribution < -0.4 is 10.8 Å². The van der Waals surface area contributed by atoms with E-state index in [4.69, 9.17) is 5.50 Å². The van der Waals surface area contributed by atoms with E-state index in [2.05, 4.69) is 32.1 Å².